The van der Waals surface area contributed by atoms with Crippen LogP contribution in [-0.2, 0) is 20.2 Å². The second kappa shape index (κ2) is 11.8. The van der Waals surface area contributed by atoms with Crippen LogP contribution < -0.4 is 0 Å². The van der Waals surface area contributed by atoms with Crippen LogP contribution in [0.4, 0.5) is 8.78 Å². The van der Waals surface area contributed by atoms with E-state index in [0.29, 0.717) is 32.4 Å². The molecule has 1 fully saturated rings. The third kappa shape index (κ3) is 6.90. The molecule has 0 radical (unpaired) electrons. The number of ether oxygens (including phenoxy) is 1. The van der Waals surface area contributed by atoms with Crippen molar-refractivity contribution in [3.05, 3.63) is 48.0 Å². The molecule has 2 atom stereocenters. The van der Waals surface area contributed by atoms with Gasteiger partial charge in [0.25, 0.3) is 0 Å². The maximum absolute atomic E-state index is 14.6. The van der Waals surface area contributed by atoms with E-state index >= 15 is 0 Å². The van der Waals surface area contributed by atoms with Crippen molar-refractivity contribution in [2.24, 2.45) is 0 Å². The Morgan fingerprint density at radius 2 is 2.03 bits per heavy atom. The Morgan fingerprint density at radius 3 is 2.73 bits per heavy atom. The summed E-state index contributed by atoms with van der Waals surface area (Å²) in [7, 11) is 0. The third-order valence-corrected chi connectivity index (χ3v) is 5.14. The molecule has 2 rings (SSSR count). The van der Waals surface area contributed by atoms with E-state index in [1.54, 1.807) is 17.9 Å². The number of amides is 1. The third-order valence-electron chi connectivity index (χ3n) is 5.14. The molecular formula is C23H31F2NO4. The molecule has 1 aromatic carbocycles. The van der Waals surface area contributed by atoms with Crippen LogP contribution in [0.5, 0.6) is 0 Å². The monoisotopic (exact) mass is 425 g/mol. The van der Waals surface area contributed by atoms with Crippen molar-refractivity contribution < 1.29 is 29.6 Å². The molecule has 1 amide bonds. The lowest BCUT2D eigenvalue weighted by Gasteiger charge is -2.24. The summed E-state index contributed by atoms with van der Waals surface area (Å²) in [5, 5.41) is 10.2. The molecule has 0 saturated carbocycles. The SMILES string of the molecule is [3H][C@@](O)(/C=C/[C@H]1CCC(=O)N1CCCCCCC(=O)OCC)C(F)(F)c1ccccc1. The van der Waals surface area contributed by atoms with Gasteiger partial charge in [0.15, 0.2) is 0 Å². The number of esters is 1. The van der Waals surface area contributed by atoms with Gasteiger partial charge in [-0.15, -0.1) is 0 Å². The molecule has 1 aliphatic rings. The highest BCUT2D eigenvalue weighted by atomic mass is 19.3. The van der Waals surface area contributed by atoms with Crippen molar-refractivity contribution >= 4 is 11.9 Å². The number of likely N-dealkylation sites (tertiary alicyclic amines) is 1. The molecule has 1 heterocycles. The molecule has 1 aliphatic heterocycles. The van der Waals surface area contributed by atoms with Gasteiger partial charge in [0.2, 0.25) is 5.91 Å². The highest BCUT2D eigenvalue weighted by molar-refractivity contribution is 5.79. The van der Waals surface area contributed by atoms with E-state index in [9.17, 15) is 23.5 Å². The van der Waals surface area contributed by atoms with Crippen molar-refractivity contribution in [3.63, 3.8) is 0 Å². The van der Waals surface area contributed by atoms with Gasteiger partial charge in [-0.1, -0.05) is 55.3 Å². The number of aliphatic hydroxyl groups is 1. The van der Waals surface area contributed by atoms with Gasteiger partial charge in [-0.2, -0.15) is 8.78 Å². The number of halogens is 2. The minimum Gasteiger partial charge on any atom is -0.466 e. The molecule has 30 heavy (non-hydrogen) atoms. The lowest BCUT2D eigenvalue weighted by molar-refractivity contribution is -0.143. The van der Waals surface area contributed by atoms with Crippen LogP contribution in [0.3, 0.4) is 0 Å². The zero-order valence-electron chi connectivity index (χ0n) is 18.4. The predicted molar refractivity (Wildman–Crippen MR) is 110 cm³/mol. The predicted octanol–water partition coefficient (Wildman–Crippen LogP) is 4.20. The van der Waals surface area contributed by atoms with Crippen molar-refractivity contribution in [2.75, 3.05) is 13.2 Å². The molecular weight excluding hydrogens is 392 g/mol. The summed E-state index contributed by atoms with van der Waals surface area (Å²) in [5.74, 6) is -4.07. The smallest absolute Gasteiger partial charge is 0.305 e. The maximum atomic E-state index is 14.6. The topological polar surface area (TPSA) is 66.8 Å². The number of nitrogens with zero attached hydrogens (tertiary/aromatic N) is 1. The Bertz CT molecular complexity index is 755. The molecule has 0 aliphatic carbocycles. The second-order valence-electron chi connectivity index (χ2n) is 7.35. The zero-order chi connectivity index (χ0) is 22.9. The highest BCUT2D eigenvalue weighted by Gasteiger charge is 2.39. The largest absolute Gasteiger partial charge is 0.466 e. The van der Waals surface area contributed by atoms with Crippen LogP contribution in [0, 0.1) is 0 Å². The van der Waals surface area contributed by atoms with Gasteiger partial charge in [0, 0.05) is 24.9 Å². The first-order valence-corrected chi connectivity index (χ1v) is 10.5. The summed E-state index contributed by atoms with van der Waals surface area (Å²) < 4.78 is 41.9. The summed E-state index contributed by atoms with van der Waals surface area (Å²) in [6.45, 7) is 2.61. The van der Waals surface area contributed by atoms with Gasteiger partial charge in [0.1, 0.15) is 6.08 Å². The summed E-state index contributed by atoms with van der Waals surface area (Å²) in [5.41, 5.74) is -0.445. The first kappa shape index (κ1) is 22.4. The van der Waals surface area contributed by atoms with Crippen LogP contribution in [0.25, 0.3) is 0 Å². The quantitative estimate of drug-likeness (QED) is 0.310. The van der Waals surface area contributed by atoms with Crippen LogP contribution in [-0.4, -0.2) is 47.2 Å². The molecule has 5 nitrogen and oxygen atoms in total. The lowest BCUT2D eigenvalue weighted by atomic mass is 10.0. The van der Waals surface area contributed by atoms with Crippen molar-refractivity contribution in [1.82, 2.24) is 4.90 Å². The molecule has 1 aromatic rings. The van der Waals surface area contributed by atoms with Gasteiger partial charge in [-0.3, -0.25) is 9.59 Å². The van der Waals surface area contributed by atoms with Gasteiger partial charge < -0.3 is 14.7 Å². The average Bonchev–Trinajstić information content (AvgIpc) is 3.09. The number of alkyl halides is 2. The Kier molecular flexibility index (Phi) is 8.81. The normalized spacial score (nSPS) is 19.7. The van der Waals surface area contributed by atoms with E-state index in [4.69, 9.17) is 6.11 Å². The van der Waals surface area contributed by atoms with Crippen LogP contribution in [0.15, 0.2) is 42.5 Å². The van der Waals surface area contributed by atoms with Crippen LogP contribution in [0.1, 0.15) is 58.8 Å². The van der Waals surface area contributed by atoms with Crippen LogP contribution >= 0.6 is 0 Å². The molecule has 1 saturated heterocycles. The van der Waals surface area contributed by atoms with Crippen molar-refractivity contribution in [1.29, 1.82) is 0 Å². The summed E-state index contributed by atoms with van der Waals surface area (Å²) >= 11 is 0. The number of benzene rings is 1. The Morgan fingerprint density at radius 1 is 1.33 bits per heavy atom. The zero-order valence-corrected chi connectivity index (χ0v) is 17.4. The molecule has 0 aromatic heterocycles. The average molecular weight is 426 g/mol. The second-order valence-corrected chi connectivity index (χ2v) is 7.35. The van der Waals surface area contributed by atoms with Gasteiger partial charge in [-0.25, -0.2) is 0 Å². The fourth-order valence-corrected chi connectivity index (χ4v) is 3.49. The minimum atomic E-state index is -3.79. The Balaban J connectivity index is 1.88. The maximum Gasteiger partial charge on any atom is 0.305 e. The van der Waals surface area contributed by atoms with E-state index < -0.39 is 23.6 Å². The van der Waals surface area contributed by atoms with E-state index in [-0.39, 0.29) is 11.9 Å². The number of carbonyl (C=O) groups excluding carboxylic acids is 2. The Labute approximate surface area is 178 Å². The van der Waals surface area contributed by atoms with E-state index in [1.807, 2.05) is 0 Å². The first-order chi connectivity index (χ1) is 14.7. The first-order valence-electron chi connectivity index (χ1n) is 11.0. The summed E-state index contributed by atoms with van der Waals surface area (Å²) in [4.78, 5) is 25.1. The molecule has 0 unspecified atom stereocenters. The van der Waals surface area contributed by atoms with Gasteiger partial charge in [0.05, 0.1) is 14.0 Å². The number of hydrogen-bond donors (Lipinski definition) is 1. The number of hydrogen-bond acceptors (Lipinski definition) is 4. The highest BCUT2D eigenvalue weighted by Crippen LogP contribution is 2.32. The van der Waals surface area contributed by atoms with Gasteiger partial charge in [-0.05, 0) is 26.2 Å². The van der Waals surface area contributed by atoms with E-state index in [2.05, 4.69) is 0 Å². The van der Waals surface area contributed by atoms with E-state index in [0.717, 1.165) is 31.8 Å². The molecule has 166 valence electrons. The Hall–Kier alpha value is -2.28. The van der Waals surface area contributed by atoms with E-state index in [1.165, 1.54) is 30.3 Å². The summed E-state index contributed by atoms with van der Waals surface area (Å²) in [6, 6.07) is 6.34. The molecule has 0 spiro atoms. The number of carbonyl (C=O) groups is 2. The fourth-order valence-electron chi connectivity index (χ4n) is 3.49. The molecule has 1 N–H and O–H groups in total. The fraction of sp³-hybridized carbons (Fsp3) is 0.565. The van der Waals surface area contributed by atoms with Crippen LogP contribution in [0.2, 0.25) is 0 Å². The molecule has 0 bridgehead atoms. The van der Waals surface area contributed by atoms with Crippen molar-refractivity contribution in [2.45, 2.75) is 69.9 Å². The standard InChI is InChI=1S/C23H31F2NO4/c1-2-30-22(29)12-8-3-4-9-17-26-19(14-16-21(26)28)13-15-20(27)23(24,25)18-10-6-5-7-11-18/h5-7,10-11,13,15,19-20,27H,2-4,8-9,12,14,16-17H2,1H3/b15-13+/t19-,20+/m0/s1/i20T. The molecule has 7 heteroatoms. The summed E-state index contributed by atoms with van der Waals surface area (Å²) in [6.07, 6.45) is 3.25. The van der Waals surface area contributed by atoms with Gasteiger partial charge >= 0.3 is 11.9 Å². The minimum absolute atomic E-state index is 0.0653. The lowest BCUT2D eigenvalue weighted by Crippen LogP contribution is -2.34. The number of rotatable bonds is 12. The van der Waals surface area contributed by atoms with Crippen molar-refractivity contribution in [3.8, 4) is 0 Å². The number of unbranched alkanes of at least 4 members (excludes halogenated alkanes) is 3.